The maximum absolute atomic E-state index is 4.33. The Morgan fingerprint density at radius 3 is 3.20 bits per heavy atom. The molecule has 0 unspecified atom stereocenters. The van der Waals surface area contributed by atoms with Crippen LogP contribution in [-0.4, -0.2) is 31.8 Å². The van der Waals surface area contributed by atoms with E-state index in [-0.39, 0.29) is 0 Å². The van der Waals surface area contributed by atoms with Crippen LogP contribution in [0.15, 0.2) is 30.3 Å². The summed E-state index contributed by atoms with van der Waals surface area (Å²) in [5, 5.41) is 22.3. The van der Waals surface area contributed by atoms with E-state index >= 15 is 0 Å². The lowest BCUT2D eigenvalue weighted by atomic mass is 9.99. The van der Waals surface area contributed by atoms with Crippen molar-refractivity contribution in [2.24, 2.45) is 0 Å². The van der Waals surface area contributed by atoms with Crippen molar-refractivity contribution in [1.29, 1.82) is 0 Å². The Morgan fingerprint density at radius 2 is 2.20 bits per heavy atom. The third-order valence-corrected chi connectivity index (χ3v) is 3.47. The van der Waals surface area contributed by atoms with Crippen LogP contribution in [0.3, 0.4) is 0 Å². The lowest BCUT2D eigenvalue weighted by molar-refractivity contribution is 0.645. The molecule has 0 fully saturated rings. The van der Waals surface area contributed by atoms with Gasteiger partial charge in [0, 0.05) is 12.2 Å². The predicted octanol–water partition coefficient (Wildman–Crippen LogP) is 0.909. The molecule has 7 nitrogen and oxygen atoms in total. The molecule has 20 heavy (non-hydrogen) atoms. The first-order valence-electron chi connectivity index (χ1n) is 6.54. The highest BCUT2D eigenvalue weighted by atomic mass is 15.6. The summed E-state index contributed by atoms with van der Waals surface area (Å²) in [6.07, 6.45) is 1.02. The Bertz CT molecular complexity index is 764. The molecule has 7 heteroatoms. The van der Waals surface area contributed by atoms with Gasteiger partial charge in [-0.25, -0.2) is 0 Å². The molecule has 0 amide bonds. The zero-order valence-electron chi connectivity index (χ0n) is 10.7. The zero-order chi connectivity index (χ0) is 13.4. The highest BCUT2D eigenvalue weighted by Gasteiger charge is 2.13. The van der Waals surface area contributed by atoms with Gasteiger partial charge in [0.2, 0.25) is 0 Å². The number of benzene rings is 1. The third-order valence-electron chi connectivity index (χ3n) is 3.47. The summed E-state index contributed by atoms with van der Waals surface area (Å²) in [4.78, 5) is 0. The number of hydrogen-bond acceptors (Lipinski definition) is 6. The monoisotopic (exact) mass is 267 g/mol. The second-order valence-corrected chi connectivity index (χ2v) is 4.74. The molecular formula is C13H13N7. The summed E-state index contributed by atoms with van der Waals surface area (Å²) in [5.74, 6) is 0.733. The van der Waals surface area contributed by atoms with Crippen LogP contribution in [0.1, 0.15) is 11.1 Å². The van der Waals surface area contributed by atoms with E-state index in [1.54, 1.807) is 0 Å². The molecular weight excluding hydrogens is 254 g/mol. The predicted molar refractivity (Wildman–Crippen MR) is 73.7 cm³/mol. The standard InChI is InChI=1S/C13H13N7/c1-2-9-8-14-7-6-10(9)11(3-1)15-12-4-5-13-16-18-19-20(13)17-12/h1-5,14H,6-8H2,(H,15,17). The van der Waals surface area contributed by atoms with E-state index in [0.717, 1.165) is 31.0 Å². The molecule has 0 saturated carbocycles. The van der Waals surface area contributed by atoms with Gasteiger partial charge in [-0.1, -0.05) is 12.1 Å². The lowest BCUT2D eigenvalue weighted by Gasteiger charge is -2.20. The fourth-order valence-electron chi connectivity index (χ4n) is 2.50. The fraction of sp³-hybridized carbons (Fsp3) is 0.231. The van der Waals surface area contributed by atoms with Crippen LogP contribution < -0.4 is 10.6 Å². The first kappa shape index (κ1) is 11.3. The van der Waals surface area contributed by atoms with Crippen molar-refractivity contribution in [3.8, 4) is 0 Å². The van der Waals surface area contributed by atoms with Gasteiger partial charge in [0.1, 0.15) is 0 Å². The first-order valence-corrected chi connectivity index (χ1v) is 6.54. The average molecular weight is 267 g/mol. The van der Waals surface area contributed by atoms with E-state index in [4.69, 9.17) is 0 Å². The van der Waals surface area contributed by atoms with Crippen molar-refractivity contribution in [2.45, 2.75) is 13.0 Å². The van der Waals surface area contributed by atoms with Gasteiger partial charge in [-0.3, -0.25) is 0 Å². The van der Waals surface area contributed by atoms with E-state index in [2.05, 4.69) is 49.5 Å². The minimum atomic E-state index is 0.634. The van der Waals surface area contributed by atoms with E-state index in [1.165, 1.54) is 15.8 Å². The molecule has 100 valence electrons. The van der Waals surface area contributed by atoms with E-state index in [0.29, 0.717) is 5.65 Å². The average Bonchev–Trinajstić information content (AvgIpc) is 2.95. The molecule has 1 aliphatic heterocycles. The topological polar surface area (TPSA) is 80.0 Å². The van der Waals surface area contributed by atoms with Crippen molar-refractivity contribution < 1.29 is 0 Å². The summed E-state index contributed by atoms with van der Waals surface area (Å²) >= 11 is 0. The van der Waals surface area contributed by atoms with Crippen LogP contribution >= 0.6 is 0 Å². The maximum atomic E-state index is 4.33. The van der Waals surface area contributed by atoms with Crippen molar-refractivity contribution in [3.63, 3.8) is 0 Å². The number of fused-ring (bicyclic) bond motifs is 2. The second kappa shape index (κ2) is 4.53. The Balaban J connectivity index is 1.71. The minimum absolute atomic E-state index is 0.634. The van der Waals surface area contributed by atoms with Gasteiger partial charge in [0.25, 0.3) is 0 Å². The highest BCUT2D eigenvalue weighted by Crippen LogP contribution is 2.25. The molecule has 3 heterocycles. The summed E-state index contributed by atoms with van der Waals surface area (Å²) in [7, 11) is 0. The molecule has 0 saturated heterocycles. The summed E-state index contributed by atoms with van der Waals surface area (Å²) in [6.45, 7) is 1.93. The quantitative estimate of drug-likeness (QED) is 0.718. The molecule has 4 rings (SSSR count). The highest BCUT2D eigenvalue weighted by molar-refractivity contribution is 5.63. The maximum Gasteiger partial charge on any atom is 0.200 e. The molecule has 0 radical (unpaired) electrons. The lowest BCUT2D eigenvalue weighted by Crippen LogP contribution is -2.24. The number of anilines is 2. The number of nitrogens with zero attached hydrogens (tertiary/aromatic N) is 5. The van der Waals surface area contributed by atoms with Gasteiger partial charge in [0.05, 0.1) is 0 Å². The molecule has 2 N–H and O–H groups in total. The second-order valence-electron chi connectivity index (χ2n) is 4.74. The Morgan fingerprint density at radius 1 is 1.20 bits per heavy atom. The summed E-state index contributed by atoms with van der Waals surface area (Å²) in [5.41, 5.74) is 4.42. The van der Waals surface area contributed by atoms with E-state index in [1.807, 2.05) is 12.1 Å². The largest absolute Gasteiger partial charge is 0.338 e. The molecule has 3 aromatic rings. The van der Waals surface area contributed by atoms with Crippen LogP contribution in [0.25, 0.3) is 5.65 Å². The molecule has 0 bridgehead atoms. The van der Waals surface area contributed by atoms with Gasteiger partial charge >= 0.3 is 0 Å². The van der Waals surface area contributed by atoms with Gasteiger partial charge in [-0.2, -0.15) is 0 Å². The smallest absolute Gasteiger partial charge is 0.200 e. The fourth-order valence-corrected chi connectivity index (χ4v) is 2.50. The van der Waals surface area contributed by atoms with Gasteiger partial charge in [-0.15, -0.1) is 14.8 Å². The summed E-state index contributed by atoms with van der Waals surface area (Å²) in [6, 6.07) is 10.0. The SMILES string of the molecule is c1cc2c(c(Nc3ccc4nnnn4n3)c1)CCNC2. The zero-order valence-corrected chi connectivity index (χ0v) is 10.7. The van der Waals surface area contributed by atoms with Crippen LogP contribution in [-0.2, 0) is 13.0 Å². The van der Waals surface area contributed by atoms with Crippen LogP contribution in [0.4, 0.5) is 11.5 Å². The molecule has 0 atom stereocenters. The molecule has 1 aliphatic rings. The molecule has 0 spiro atoms. The number of nitrogens with one attached hydrogen (secondary N) is 2. The van der Waals surface area contributed by atoms with Crippen LogP contribution in [0.5, 0.6) is 0 Å². The van der Waals surface area contributed by atoms with Crippen LogP contribution in [0, 0.1) is 0 Å². The van der Waals surface area contributed by atoms with Crippen molar-refractivity contribution in [2.75, 3.05) is 11.9 Å². The molecule has 1 aromatic carbocycles. The molecule has 2 aromatic heterocycles. The number of tetrazole rings is 1. The van der Waals surface area contributed by atoms with Gasteiger partial charge in [-0.05, 0) is 52.7 Å². The third kappa shape index (κ3) is 1.88. The Kier molecular flexibility index (Phi) is 2.56. The van der Waals surface area contributed by atoms with Crippen molar-refractivity contribution in [1.82, 2.24) is 30.6 Å². The van der Waals surface area contributed by atoms with Crippen molar-refractivity contribution in [3.05, 3.63) is 41.5 Å². The Labute approximate surface area is 115 Å². The van der Waals surface area contributed by atoms with Gasteiger partial charge < -0.3 is 10.6 Å². The normalized spacial score (nSPS) is 14.2. The first-order chi connectivity index (χ1) is 9.90. The van der Waals surface area contributed by atoms with E-state index < -0.39 is 0 Å². The Hall–Kier alpha value is -2.54. The molecule has 0 aliphatic carbocycles. The van der Waals surface area contributed by atoms with Crippen LogP contribution in [0.2, 0.25) is 0 Å². The minimum Gasteiger partial charge on any atom is -0.338 e. The summed E-state index contributed by atoms with van der Waals surface area (Å²) < 4.78 is 1.42. The number of hydrogen-bond donors (Lipinski definition) is 2. The van der Waals surface area contributed by atoms with E-state index in [9.17, 15) is 0 Å². The number of aromatic nitrogens is 5. The van der Waals surface area contributed by atoms with Crippen molar-refractivity contribution >= 4 is 17.2 Å². The number of rotatable bonds is 2. The van der Waals surface area contributed by atoms with Gasteiger partial charge in [0.15, 0.2) is 11.5 Å².